The van der Waals surface area contributed by atoms with Crippen LogP contribution in [0.3, 0.4) is 0 Å². The lowest BCUT2D eigenvalue weighted by molar-refractivity contribution is -0.123. The number of hydrogen-bond acceptors (Lipinski definition) is 4. The first kappa shape index (κ1) is 22.3. The van der Waals surface area contributed by atoms with E-state index in [9.17, 15) is 9.59 Å². The Morgan fingerprint density at radius 3 is 2.40 bits per heavy atom. The first-order valence-electron chi connectivity index (χ1n) is 11.0. The quantitative estimate of drug-likeness (QED) is 0.700. The van der Waals surface area contributed by atoms with E-state index in [1.165, 1.54) is 6.42 Å². The summed E-state index contributed by atoms with van der Waals surface area (Å²) < 4.78 is 1.91. The van der Waals surface area contributed by atoms with Gasteiger partial charge in [-0.1, -0.05) is 26.2 Å². The minimum atomic E-state index is -0.0299. The Kier molecular flexibility index (Phi) is 7.13. The number of carbonyl (C=O) groups is 2. The molecule has 30 heavy (non-hydrogen) atoms. The Labute approximate surface area is 179 Å². The number of likely N-dealkylation sites (N-methyl/N-ethyl adjacent to an activating group) is 2. The zero-order chi connectivity index (χ0) is 21.8. The van der Waals surface area contributed by atoms with Crippen LogP contribution in [-0.4, -0.2) is 72.3 Å². The van der Waals surface area contributed by atoms with Crippen LogP contribution in [0.4, 0.5) is 5.82 Å². The second-order valence-electron chi connectivity index (χ2n) is 8.64. The highest BCUT2D eigenvalue weighted by Crippen LogP contribution is 2.29. The number of pyridine rings is 1. The number of fused-ring (bicyclic) bond motifs is 1. The number of nitrogens with zero attached hydrogens (tertiary/aromatic N) is 5. The monoisotopic (exact) mass is 413 g/mol. The van der Waals surface area contributed by atoms with Crippen molar-refractivity contribution in [1.29, 1.82) is 0 Å². The first-order valence-corrected chi connectivity index (χ1v) is 11.0. The molecular weight excluding hydrogens is 378 g/mol. The Hall–Kier alpha value is -2.41. The molecule has 0 unspecified atom stereocenters. The third-order valence-electron chi connectivity index (χ3n) is 6.08. The van der Waals surface area contributed by atoms with E-state index in [1.54, 1.807) is 9.80 Å². The van der Waals surface area contributed by atoms with Crippen LogP contribution >= 0.6 is 0 Å². The molecule has 0 N–H and O–H groups in total. The molecule has 0 spiro atoms. The fourth-order valence-corrected chi connectivity index (χ4v) is 4.20. The minimum absolute atomic E-state index is 0.0299. The van der Waals surface area contributed by atoms with Crippen molar-refractivity contribution in [3.63, 3.8) is 0 Å². The van der Waals surface area contributed by atoms with Gasteiger partial charge in [0.1, 0.15) is 11.5 Å². The summed E-state index contributed by atoms with van der Waals surface area (Å²) in [5, 5.41) is 0. The van der Waals surface area contributed by atoms with Crippen molar-refractivity contribution < 1.29 is 9.59 Å². The molecule has 0 saturated heterocycles. The molecule has 3 rings (SSSR count). The maximum Gasteiger partial charge on any atom is 0.255 e. The zero-order valence-corrected chi connectivity index (χ0v) is 19.0. The normalized spacial score (nSPS) is 15.0. The number of imidazole rings is 1. The Bertz CT molecular complexity index is 898. The molecule has 0 bridgehead atoms. The fraction of sp³-hybridized carbons (Fsp3) is 0.609. The molecule has 0 atom stereocenters. The Balaban J connectivity index is 1.92. The van der Waals surface area contributed by atoms with Gasteiger partial charge in [-0.05, 0) is 45.5 Å². The molecule has 2 aromatic rings. The Morgan fingerprint density at radius 1 is 1.07 bits per heavy atom. The van der Waals surface area contributed by atoms with Crippen LogP contribution in [0.15, 0.2) is 18.3 Å². The number of carbonyl (C=O) groups excluding carboxylic acids is 2. The van der Waals surface area contributed by atoms with Gasteiger partial charge < -0.3 is 9.80 Å². The predicted octanol–water partition coefficient (Wildman–Crippen LogP) is 3.07. The molecule has 1 aliphatic rings. The first-order chi connectivity index (χ1) is 14.3. The fourth-order valence-electron chi connectivity index (χ4n) is 4.20. The maximum absolute atomic E-state index is 13.2. The second kappa shape index (κ2) is 9.60. The summed E-state index contributed by atoms with van der Waals surface area (Å²) in [4.78, 5) is 36.4. The molecule has 1 fully saturated rings. The van der Waals surface area contributed by atoms with E-state index in [4.69, 9.17) is 4.98 Å². The summed E-state index contributed by atoms with van der Waals surface area (Å²) in [6, 6.07) is 3.69. The van der Waals surface area contributed by atoms with Crippen molar-refractivity contribution in [2.24, 2.45) is 5.92 Å². The number of amides is 2. The van der Waals surface area contributed by atoms with Gasteiger partial charge in [0, 0.05) is 39.3 Å². The van der Waals surface area contributed by atoms with Crippen LogP contribution in [0.5, 0.6) is 0 Å². The van der Waals surface area contributed by atoms with Crippen molar-refractivity contribution >= 4 is 23.3 Å². The summed E-state index contributed by atoms with van der Waals surface area (Å²) >= 11 is 0. The van der Waals surface area contributed by atoms with Gasteiger partial charge in [-0.3, -0.25) is 18.9 Å². The standard InChI is InChI=1S/C23H35N5O2/c1-6-19-21(27(5)23(30)17-10-8-7-9-11-17)28-16-18(12-13-20(28)24-19)22(29)26(4)15-14-25(2)3/h12-13,16-17H,6-11,14-15H2,1-5H3. The highest BCUT2D eigenvalue weighted by molar-refractivity contribution is 5.96. The van der Waals surface area contributed by atoms with Crippen LogP contribution < -0.4 is 4.90 Å². The lowest BCUT2D eigenvalue weighted by Gasteiger charge is -2.26. The van der Waals surface area contributed by atoms with E-state index in [2.05, 4.69) is 4.90 Å². The summed E-state index contributed by atoms with van der Waals surface area (Å²) in [5.74, 6) is 0.999. The zero-order valence-electron chi connectivity index (χ0n) is 19.0. The lowest BCUT2D eigenvalue weighted by atomic mass is 9.88. The average molecular weight is 414 g/mol. The smallest absolute Gasteiger partial charge is 0.255 e. The number of hydrogen-bond donors (Lipinski definition) is 0. The molecule has 7 nitrogen and oxygen atoms in total. The maximum atomic E-state index is 13.2. The van der Waals surface area contributed by atoms with Crippen LogP contribution in [0.2, 0.25) is 0 Å². The Morgan fingerprint density at radius 2 is 1.77 bits per heavy atom. The number of rotatable bonds is 7. The van der Waals surface area contributed by atoms with E-state index in [0.29, 0.717) is 12.1 Å². The minimum Gasteiger partial charge on any atom is -0.340 e. The average Bonchev–Trinajstić information content (AvgIpc) is 3.14. The van der Waals surface area contributed by atoms with Crippen molar-refractivity contribution in [2.75, 3.05) is 46.2 Å². The van der Waals surface area contributed by atoms with Crippen LogP contribution in [-0.2, 0) is 11.2 Å². The molecule has 0 aromatic carbocycles. The lowest BCUT2D eigenvalue weighted by Crippen LogP contribution is -2.35. The van der Waals surface area contributed by atoms with Gasteiger partial charge in [0.2, 0.25) is 5.91 Å². The summed E-state index contributed by atoms with van der Waals surface area (Å²) in [5.41, 5.74) is 2.24. The van der Waals surface area contributed by atoms with E-state index >= 15 is 0 Å². The summed E-state index contributed by atoms with van der Waals surface area (Å²) in [6.07, 6.45) is 7.94. The molecule has 2 amide bonds. The van der Waals surface area contributed by atoms with E-state index in [-0.39, 0.29) is 17.7 Å². The largest absolute Gasteiger partial charge is 0.340 e. The van der Waals surface area contributed by atoms with Crippen molar-refractivity contribution in [3.05, 3.63) is 29.6 Å². The molecule has 164 valence electrons. The summed E-state index contributed by atoms with van der Waals surface area (Å²) in [7, 11) is 7.65. The van der Waals surface area contributed by atoms with Gasteiger partial charge in [-0.2, -0.15) is 0 Å². The molecule has 2 aromatic heterocycles. The van der Waals surface area contributed by atoms with Gasteiger partial charge in [0.05, 0.1) is 11.3 Å². The highest BCUT2D eigenvalue weighted by Gasteiger charge is 2.28. The molecule has 2 heterocycles. The summed E-state index contributed by atoms with van der Waals surface area (Å²) in [6.45, 7) is 3.51. The SMILES string of the molecule is CCc1nc2ccc(C(=O)N(C)CCN(C)C)cn2c1N(C)C(=O)C1CCCCC1. The second-order valence-corrected chi connectivity index (χ2v) is 8.64. The molecule has 7 heteroatoms. The number of aryl methyl sites for hydroxylation is 1. The van der Waals surface area contributed by atoms with E-state index in [0.717, 1.165) is 55.8 Å². The molecule has 0 radical (unpaired) electrons. The molecule has 1 saturated carbocycles. The van der Waals surface area contributed by atoms with Gasteiger partial charge in [0.25, 0.3) is 5.91 Å². The molecular formula is C23H35N5O2. The predicted molar refractivity (Wildman–Crippen MR) is 120 cm³/mol. The number of anilines is 1. The van der Waals surface area contributed by atoms with Crippen molar-refractivity contribution in [1.82, 2.24) is 19.2 Å². The molecule has 0 aliphatic heterocycles. The van der Waals surface area contributed by atoms with Crippen LogP contribution in [0.1, 0.15) is 55.1 Å². The van der Waals surface area contributed by atoms with Crippen molar-refractivity contribution in [2.45, 2.75) is 45.4 Å². The van der Waals surface area contributed by atoms with Gasteiger partial charge in [-0.15, -0.1) is 0 Å². The van der Waals surface area contributed by atoms with Crippen molar-refractivity contribution in [3.8, 4) is 0 Å². The van der Waals surface area contributed by atoms with Crippen LogP contribution in [0.25, 0.3) is 5.65 Å². The van der Waals surface area contributed by atoms with Gasteiger partial charge >= 0.3 is 0 Å². The third kappa shape index (κ3) is 4.67. The van der Waals surface area contributed by atoms with E-state index in [1.807, 2.05) is 57.8 Å². The highest BCUT2D eigenvalue weighted by atomic mass is 16.2. The van der Waals surface area contributed by atoms with Crippen LogP contribution in [0, 0.1) is 5.92 Å². The molecule has 1 aliphatic carbocycles. The van der Waals surface area contributed by atoms with E-state index < -0.39 is 0 Å². The number of aromatic nitrogens is 2. The third-order valence-corrected chi connectivity index (χ3v) is 6.08. The topological polar surface area (TPSA) is 61.2 Å². The van der Waals surface area contributed by atoms with Gasteiger partial charge in [-0.25, -0.2) is 4.98 Å². The van der Waals surface area contributed by atoms with Gasteiger partial charge in [0.15, 0.2) is 0 Å².